The van der Waals surface area contributed by atoms with Gasteiger partial charge < -0.3 is 16.2 Å². The van der Waals surface area contributed by atoms with Gasteiger partial charge in [-0.15, -0.1) is 0 Å². The molecule has 4 N–H and O–H groups in total. The molecule has 0 unspecified atom stereocenters. The number of nitrogen functional groups attached to an aromatic ring is 2. The SMILES string of the molecule is Nc1cccc(-c2ccc(N)c(Oc3ccccc3C(=O)c3ccccc3)c2)c1. The number of anilines is 2. The standard InChI is InChI=1S/C25H20N2O2/c26-20-10-6-9-18(15-20)19-13-14-22(27)24(16-19)29-23-12-5-4-11-21(23)25(28)17-7-2-1-3-8-17/h1-16H,26-27H2. The molecule has 0 heterocycles. The maximum Gasteiger partial charge on any atom is 0.196 e. The van der Waals surface area contributed by atoms with Crippen molar-refractivity contribution in [2.45, 2.75) is 0 Å². The van der Waals surface area contributed by atoms with Gasteiger partial charge in [-0.05, 0) is 47.5 Å². The summed E-state index contributed by atoms with van der Waals surface area (Å²) in [5, 5.41) is 0. The van der Waals surface area contributed by atoms with Crippen molar-refractivity contribution in [2.75, 3.05) is 11.5 Å². The van der Waals surface area contributed by atoms with E-state index in [1.165, 1.54) is 0 Å². The lowest BCUT2D eigenvalue weighted by Crippen LogP contribution is -2.04. The van der Waals surface area contributed by atoms with E-state index < -0.39 is 0 Å². The summed E-state index contributed by atoms with van der Waals surface area (Å²) in [4.78, 5) is 12.9. The Balaban J connectivity index is 1.70. The third kappa shape index (κ3) is 3.96. The van der Waals surface area contributed by atoms with Crippen LogP contribution in [0, 0.1) is 0 Å². The molecule has 0 atom stereocenters. The molecule has 4 nitrogen and oxygen atoms in total. The summed E-state index contributed by atoms with van der Waals surface area (Å²) >= 11 is 0. The molecule has 0 saturated carbocycles. The third-order valence-electron chi connectivity index (χ3n) is 4.62. The molecule has 0 aliphatic heterocycles. The molecule has 0 radical (unpaired) electrons. The lowest BCUT2D eigenvalue weighted by Gasteiger charge is -2.14. The summed E-state index contributed by atoms with van der Waals surface area (Å²) in [7, 11) is 0. The fourth-order valence-corrected chi connectivity index (χ4v) is 3.13. The first-order valence-electron chi connectivity index (χ1n) is 9.24. The largest absolute Gasteiger partial charge is 0.454 e. The van der Waals surface area contributed by atoms with Crippen molar-refractivity contribution in [3.05, 3.63) is 108 Å². The minimum atomic E-state index is -0.105. The van der Waals surface area contributed by atoms with Crippen LogP contribution in [0.15, 0.2) is 97.1 Å². The number of ether oxygens (including phenoxy) is 1. The number of nitrogens with two attached hydrogens (primary N) is 2. The maximum absolute atomic E-state index is 12.9. The molecule has 0 aromatic heterocycles. The van der Waals surface area contributed by atoms with Crippen molar-refractivity contribution >= 4 is 17.2 Å². The Morgan fingerprint density at radius 3 is 2.17 bits per heavy atom. The molecule has 4 aromatic rings. The van der Waals surface area contributed by atoms with Crippen molar-refractivity contribution in [1.29, 1.82) is 0 Å². The summed E-state index contributed by atoms with van der Waals surface area (Å²) in [5.74, 6) is 0.836. The van der Waals surface area contributed by atoms with Gasteiger partial charge in [-0.2, -0.15) is 0 Å². The number of para-hydroxylation sites is 1. The topological polar surface area (TPSA) is 78.3 Å². The van der Waals surface area contributed by atoms with Crippen LogP contribution in [-0.2, 0) is 0 Å². The average molecular weight is 380 g/mol. The van der Waals surface area contributed by atoms with Crippen LogP contribution in [0.2, 0.25) is 0 Å². The Hall–Kier alpha value is -4.05. The first-order valence-corrected chi connectivity index (χ1v) is 9.24. The van der Waals surface area contributed by atoms with E-state index in [9.17, 15) is 4.79 Å². The molecule has 4 aromatic carbocycles. The summed E-state index contributed by atoms with van der Waals surface area (Å²) < 4.78 is 6.10. The highest BCUT2D eigenvalue weighted by Crippen LogP contribution is 2.34. The van der Waals surface area contributed by atoms with Crippen molar-refractivity contribution in [3.63, 3.8) is 0 Å². The molecule has 0 aliphatic rings. The number of hydrogen-bond donors (Lipinski definition) is 2. The number of hydrogen-bond acceptors (Lipinski definition) is 4. The van der Waals surface area contributed by atoms with Gasteiger partial charge in [-0.25, -0.2) is 0 Å². The highest BCUT2D eigenvalue weighted by atomic mass is 16.5. The zero-order valence-electron chi connectivity index (χ0n) is 15.7. The Morgan fingerprint density at radius 1 is 0.655 bits per heavy atom. The molecular weight excluding hydrogens is 360 g/mol. The minimum absolute atomic E-state index is 0.105. The summed E-state index contributed by atoms with van der Waals surface area (Å²) in [6, 6.07) is 29.4. The normalized spacial score (nSPS) is 10.5. The second kappa shape index (κ2) is 7.90. The van der Waals surface area contributed by atoms with E-state index in [0.717, 1.165) is 11.1 Å². The Kier molecular flexibility index (Phi) is 4.99. The van der Waals surface area contributed by atoms with Crippen LogP contribution in [-0.4, -0.2) is 5.78 Å². The molecule has 142 valence electrons. The van der Waals surface area contributed by atoms with Gasteiger partial charge in [0.2, 0.25) is 0 Å². The number of benzene rings is 4. The molecule has 0 aliphatic carbocycles. The van der Waals surface area contributed by atoms with Crippen molar-refractivity contribution in [2.24, 2.45) is 0 Å². The molecule has 0 fully saturated rings. The van der Waals surface area contributed by atoms with Crippen LogP contribution in [0.3, 0.4) is 0 Å². The zero-order chi connectivity index (χ0) is 20.2. The van der Waals surface area contributed by atoms with Crippen LogP contribution in [0.1, 0.15) is 15.9 Å². The Bertz CT molecular complexity index is 1170. The highest BCUT2D eigenvalue weighted by Gasteiger charge is 2.16. The van der Waals surface area contributed by atoms with Gasteiger partial charge >= 0.3 is 0 Å². The molecule has 4 rings (SSSR count). The van der Waals surface area contributed by atoms with Gasteiger partial charge in [0.25, 0.3) is 0 Å². The van der Waals surface area contributed by atoms with E-state index >= 15 is 0 Å². The Labute approximate surface area is 169 Å². The first kappa shape index (κ1) is 18.3. The van der Waals surface area contributed by atoms with Crippen molar-refractivity contribution in [1.82, 2.24) is 0 Å². The number of rotatable bonds is 5. The molecular formula is C25H20N2O2. The highest BCUT2D eigenvalue weighted by molar-refractivity contribution is 6.10. The van der Waals surface area contributed by atoms with Crippen molar-refractivity contribution in [3.8, 4) is 22.6 Å². The molecule has 0 saturated heterocycles. The molecule has 29 heavy (non-hydrogen) atoms. The van der Waals surface area contributed by atoms with E-state index in [1.807, 2.05) is 66.7 Å². The van der Waals surface area contributed by atoms with Crippen molar-refractivity contribution < 1.29 is 9.53 Å². The zero-order valence-corrected chi connectivity index (χ0v) is 15.7. The van der Waals surface area contributed by atoms with E-state index in [0.29, 0.717) is 34.0 Å². The first-order chi connectivity index (χ1) is 14.1. The van der Waals surface area contributed by atoms with Crippen LogP contribution in [0.5, 0.6) is 11.5 Å². The Morgan fingerprint density at radius 2 is 1.38 bits per heavy atom. The summed E-state index contributed by atoms with van der Waals surface area (Å²) in [6.45, 7) is 0. The monoisotopic (exact) mass is 380 g/mol. The quantitative estimate of drug-likeness (QED) is 0.352. The maximum atomic E-state index is 12.9. The van der Waals surface area contributed by atoms with Crippen LogP contribution >= 0.6 is 0 Å². The van der Waals surface area contributed by atoms with Crippen LogP contribution < -0.4 is 16.2 Å². The van der Waals surface area contributed by atoms with Gasteiger partial charge in [0, 0.05) is 11.3 Å². The smallest absolute Gasteiger partial charge is 0.196 e. The third-order valence-corrected chi connectivity index (χ3v) is 4.62. The van der Waals surface area contributed by atoms with E-state index in [2.05, 4.69) is 0 Å². The van der Waals surface area contributed by atoms with Gasteiger partial charge in [-0.1, -0.05) is 60.7 Å². The summed E-state index contributed by atoms with van der Waals surface area (Å²) in [6.07, 6.45) is 0. The van der Waals surface area contributed by atoms with E-state index in [-0.39, 0.29) is 5.78 Å². The lowest BCUT2D eigenvalue weighted by molar-refractivity contribution is 0.103. The van der Waals surface area contributed by atoms with Gasteiger partial charge in [-0.3, -0.25) is 4.79 Å². The molecule has 0 bridgehead atoms. The predicted octanol–water partition coefficient (Wildman–Crippen LogP) is 5.54. The fourth-order valence-electron chi connectivity index (χ4n) is 3.13. The van der Waals surface area contributed by atoms with E-state index in [4.69, 9.17) is 16.2 Å². The fraction of sp³-hybridized carbons (Fsp3) is 0. The number of carbonyl (C=O) groups is 1. The second-order valence-electron chi connectivity index (χ2n) is 6.67. The summed E-state index contributed by atoms with van der Waals surface area (Å²) in [5.41, 5.74) is 16.2. The van der Waals surface area contributed by atoms with E-state index in [1.54, 1.807) is 30.3 Å². The average Bonchev–Trinajstić information content (AvgIpc) is 2.76. The van der Waals surface area contributed by atoms with Gasteiger partial charge in [0.1, 0.15) is 5.75 Å². The molecule has 0 amide bonds. The lowest BCUT2D eigenvalue weighted by atomic mass is 10.0. The predicted molar refractivity (Wildman–Crippen MR) is 117 cm³/mol. The number of ketones is 1. The van der Waals surface area contributed by atoms with Crippen LogP contribution in [0.4, 0.5) is 11.4 Å². The van der Waals surface area contributed by atoms with Crippen LogP contribution in [0.25, 0.3) is 11.1 Å². The van der Waals surface area contributed by atoms with Gasteiger partial charge in [0.05, 0.1) is 11.3 Å². The molecule has 4 heteroatoms. The van der Waals surface area contributed by atoms with Gasteiger partial charge in [0.15, 0.2) is 11.5 Å². The minimum Gasteiger partial charge on any atom is -0.454 e. The number of carbonyl (C=O) groups excluding carboxylic acids is 1. The second-order valence-corrected chi connectivity index (χ2v) is 6.67. The molecule has 0 spiro atoms.